The van der Waals surface area contributed by atoms with Crippen LogP contribution in [0.1, 0.15) is 42.8 Å². The van der Waals surface area contributed by atoms with Gasteiger partial charge in [0, 0.05) is 5.41 Å². The lowest BCUT2D eigenvalue weighted by Crippen LogP contribution is -2.13. The molecule has 0 spiro atoms. The quantitative estimate of drug-likeness (QED) is 0.885. The zero-order valence-corrected chi connectivity index (χ0v) is 12.0. The topological polar surface area (TPSA) is 92.0 Å². The third kappa shape index (κ3) is 2.78. The number of H-pyrrole nitrogens is 1. The first-order valence-corrected chi connectivity index (χ1v) is 5.55. The van der Waals surface area contributed by atoms with Crippen molar-refractivity contribution in [2.45, 2.75) is 33.1 Å². The van der Waals surface area contributed by atoms with Crippen molar-refractivity contribution < 1.29 is 14.3 Å². The van der Waals surface area contributed by atoms with Crippen LogP contribution < -0.4 is 0 Å². The van der Waals surface area contributed by atoms with E-state index in [9.17, 15) is 9.90 Å². The first-order valence-electron chi connectivity index (χ1n) is 5.55. The van der Waals surface area contributed by atoms with Crippen LogP contribution in [-0.2, 0) is 5.41 Å². The van der Waals surface area contributed by atoms with Crippen LogP contribution in [0.15, 0.2) is 10.8 Å². The normalized spacial score (nSPS) is 11.2. The van der Waals surface area contributed by atoms with E-state index in [1.807, 2.05) is 20.8 Å². The molecular formula is C12H16ClN3O3. The second-order valence-electron chi connectivity index (χ2n) is 5.13. The molecule has 104 valence electrons. The maximum absolute atomic E-state index is 11.2. The van der Waals surface area contributed by atoms with Crippen molar-refractivity contribution >= 4 is 18.4 Å². The van der Waals surface area contributed by atoms with Crippen molar-refractivity contribution in [3.8, 4) is 11.5 Å². The van der Waals surface area contributed by atoms with Gasteiger partial charge in [0.2, 0.25) is 0 Å². The number of halogens is 1. The van der Waals surface area contributed by atoms with Gasteiger partial charge < -0.3 is 14.5 Å². The summed E-state index contributed by atoms with van der Waals surface area (Å²) in [6, 6.07) is 0. The second-order valence-corrected chi connectivity index (χ2v) is 5.13. The molecule has 0 radical (unpaired) electrons. The number of aryl methyl sites for hydroxylation is 1. The minimum absolute atomic E-state index is 0. The molecular weight excluding hydrogens is 270 g/mol. The Kier molecular flexibility index (Phi) is 4.05. The zero-order chi connectivity index (χ0) is 13.5. The summed E-state index contributed by atoms with van der Waals surface area (Å²) in [5.74, 6) is -0.0753. The summed E-state index contributed by atoms with van der Waals surface area (Å²) in [6.45, 7) is 7.61. The van der Waals surface area contributed by atoms with E-state index in [0.29, 0.717) is 23.0 Å². The molecule has 7 heteroatoms. The fourth-order valence-corrected chi connectivity index (χ4v) is 1.59. The van der Waals surface area contributed by atoms with E-state index in [0.717, 1.165) is 0 Å². The van der Waals surface area contributed by atoms with Crippen LogP contribution in [-0.4, -0.2) is 26.0 Å². The predicted molar refractivity (Wildman–Crippen MR) is 71.7 cm³/mol. The van der Waals surface area contributed by atoms with E-state index in [2.05, 4.69) is 15.0 Å². The van der Waals surface area contributed by atoms with E-state index < -0.39 is 5.97 Å². The number of aromatic amines is 1. The molecule has 2 N–H and O–H groups in total. The maximum Gasteiger partial charge on any atom is 0.356 e. The summed E-state index contributed by atoms with van der Waals surface area (Å²) in [7, 11) is 0. The smallest absolute Gasteiger partial charge is 0.356 e. The molecule has 0 aromatic carbocycles. The van der Waals surface area contributed by atoms with Crippen LogP contribution in [0.3, 0.4) is 0 Å². The Hall–Kier alpha value is -1.82. The van der Waals surface area contributed by atoms with Crippen LogP contribution in [0.5, 0.6) is 0 Å². The highest BCUT2D eigenvalue weighted by Crippen LogP contribution is 2.28. The minimum atomic E-state index is -1.09. The molecule has 6 nitrogen and oxygen atoms in total. The summed E-state index contributed by atoms with van der Waals surface area (Å²) in [6.07, 6.45) is 1.29. The van der Waals surface area contributed by atoms with Gasteiger partial charge in [-0.2, -0.15) is 0 Å². The van der Waals surface area contributed by atoms with E-state index in [1.54, 1.807) is 6.92 Å². The van der Waals surface area contributed by atoms with E-state index in [-0.39, 0.29) is 23.5 Å². The average Bonchev–Trinajstić information content (AvgIpc) is 2.81. The number of nitrogens with one attached hydrogen (secondary N) is 1. The standard InChI is InChI=1S/C12H15N3O3.ClH/c1-6-9(18-5-13-6)7-8(10(16)17)15-11(14-7)12(2,3)4;/h5H,1-4H3,(H,14,15)(H,16,17);1H. The Balaban J connectivity index is 0.00000180. The van der Waals surface area contributed by atoms with Crippen molar-refractivity contribution in [3.63, 3.8) is 0 Å². The molecule has 2 aromatic rings. The van der Waals surface area contributed by atoms with Gasteiger partial charge in [0.05, 0.1) is 5.69 Å². The van der Waals surface area contributed by atoms with E-state index in [1.165, 1.54) is 6.39 Å². The first-order chi connectivity index (χ1) is 8.30. The maximum atomic E-state index is 11.2. The fraction of sp³-hybridized carbons (Fsp3) is 0.417. The predicted octanol–water partition coefficient (Wildman–Crippen LogP) is 2.79. The number of hydrogen-bond donors (Lipinski definition) is 2. The minimum Gasteiger partial charge on any atom is -0.476 e. The molecule has 0 atom stereocenters. The third-order valence-electron chi connectivity index (χ3n) is 2.59. The van der Waals surface area contributed by atoms with Gasteiger partial charge in [-0.1, -0.05) is 20.8 Å². The number of nitrogens with zero attached hydrogens (tertiary/aromatic N) is 2. The van der Waals surface area contributed by atoms with Gasteiger partial charge in [-0.15, -0.1) is 12.4 Å². The summed E-state index contributed by atoms with van der Waals surface area (Å²) in [5, 5.41) is 9.19. The number of aromatic carboxylic acids is 1. The van der Waals surface area contributed by atoms with Crippen molar-refractivity contribution in [2.75, 3.05) is 0 Å². The van der Waals surface area contributed by atoms with Crippen molar-refractivity contribution in [1.82, 2.24) is 15.0 Å². The molecule has 0 aliphatic heterocycles. The highest BCUT2D eigenvalue weighted by atomic mass is 35.5. The van der Waals surface area contributed by atoms with Crippen molar-refractivity contribution in [3.05, 3.63) is 23.6 Å². The second kappa shape index (κ2) is 5.05. The molecule has 0 amide bonds. The molecule has 0 aliphatic carbocycles. The van der Waals surface area contributed by atoms with Gasteiger partial charge in [-0.25, -0.2) is 14.8 Å². The summed E-state index contributed by atoms with van der Waals surface area (Å²) in [4.78, 5) is 22.3. The number of carboxylic acid groups (broad SMARTS) is 1. The van der Waals surface area contributed by atoms with E-state index in [4.69, 9.17) is 4.42 Å². The molecule has 0 unspecified atom stereocenters. The van der Waals surface area contributed by atoms with Crippen LogP contribution >= 0.6 is 12.4 Å². The van der Waals surface area contributed by atoms with Gasteiger partial charge in [-0.05, 0) is 6.92 Å². The SMILES string of the molecule is Cc1ncoc1-c1[nH]c(C(C)(C)C)nc1C(=O)O.Cl. The van der Waals surface area contributed by atoms with Gasteiger partial charge in [0.1, 0.15) is 11.5 Å². The molecule has 2 heterocycles. The van der Waals surface area contributed by atoms with Gasteiger partial charge in [-0.3, -0.25) is 0 Å². The summed E-state index contributed by atoms with van der Waals surface area (Å²) < 4.78 is 5.22. The molecule has 0 bridgehead atoms. The number of rotatable bonds is 2. The zero-order valence-electron chi connectivity index (χ0n) is 11.1. The molecule has 0 aliphatic rings. The number of carbonyl (C=O) groups is 1. The van der Waals surface area contributed by atoms with Crippen LogP contribution in [0.4, 0.5) is 0 Å². The monoisotopic (exact) mass is 285 g/mol. The van der Waals surface area contributed by atoms with Crippen LogP contribution in [0.25, 0.3) is 11.5 Å². The number of hydrogen-bond acceptors (Lipinski definition) is 4. The molecule has 2 rings (SSSR count). The lowest BCUT2D eigenvalue weighted by atomic mass is 9.96. The Bertz CT molecular complexity index is 596. The lowest BCUT2D eigenvalue weighted by molar-refractivity contribution is 0.0691. The number of carboxylic acids is 1. The third-order valence-corrected chi connectivity index (χ3v) is 2.59. The van der Waals surface area contributed by atoms with Crippen LogP contribution in [0.2, 0.25) is 0 Å². The summed E-state index contributed by atoms with van der Waals surface area (Å²) >= 11 is 0. The van der Waals surface area contributed by atoms with Crippen molar-refractivity contribution in [1.29, 1.82) is 0 Å². The molecule has 19 heavy (non-hydrogen) atoms. The fourth-order valence-electron chi connectivity index (χ4n) is 1.59. The Labute approximate surface area is 116 Å². The lowest BCUT2D eigenvalue weighted by Gasteiger charge is -2.13. The van der Waals surface area contributed by atoms with Gasteiger partial charge >= 0.3 is 5.97 Å². The highest BCUT2D eigenvalue weighted by molar-refractivity contribution is 5.92. The summed E-state index contributed by atoms with van der Waals surface area (Å²) in [5.41, 5.74) is 0.680. The largest absolute Gasteiger partial charge is 0.476 e. The Morgan fingerprint density at radius 3 is 2.47 bits per heavy atom. The van der Waals surface area contributed by atoms with Gasteiger partial charge in [0.15, 0.2) is 17.8 Å². The molecule has 0 saturated heterocycles. The Morgan fingerprint density at radius 2 is 2.05 bits per heavy atom. The average molecular weight is 286 g/mol. The number of aromatic nitrogens is 3. The molecule has 2 aromatic heterocycles. The first kappa shape index (κ1) is 15.2. The van der Waals surface area contributed by atoms with Gasteiger partial charge in [0.25, 0.3) is 0 Å². The molecule has 0 fully saturated rings. The van der Waals surface area contributed by atoms with E-state index >= 15 is 0 Å². The Morgan fingerprint density at radius 1 is 1.42 bits per heavy atom. The number of oxazole rings is 1. The van der Waals surface area contributed by atoms with Crippen molar-refractivity contribution in [2.24, 2.45) is 0 Å². The number of imidazole rings is 1. The highest BCUT2D eigenvalue weighted by Gasteiger charge is 2.26. The van der Waals surface area contributed by atoms with Crippen LogP contribution in [0, 0.1) is 6.92 Å². The molecule has 0 saturated carbocycles.